The summed E-state index contributed by atoms with van der Waals surface area (Å²) in [6.07, 6.45) is 18.0. The van der Waals surface area contributed by atoms with E-state index in [-0.39, 0.29) is 12.5 Å². The van der Waals surface area contributed by atoms with Crippen LogP contribution in [0.15, 0.2) is 36.5 Å². The van der Waals surface area contributed by atoms with Crippen molar-refractivity contribution in [2.24, 2.45) is 0 Å². The fourth-order valence-electron chi connectivity index (χ4n) is 4.54. The van der Waals surface area contributed by atoms with E-state index in [0.717, 1.165) is 77.0 Å². The summed E-state index contributed by atoms with van der Waals surface area (Å²) in [7, 11) is 0. The molecule has 41 heavy (non-hydrogen) atoms. The van der Waals surface area contributed by atoms with Crippen molar-refractivity contribution in [2.45, 2.75) is 147 Å². The van der Waals surface area contributed by atoms with Gasteiger partial charge in [-0.1, -0.05) is 88.8 Å². The molecule has 1 amide bonds. The van der Waals surface area contributed by atoms with Gasteiger partial charge in [-0.25, -0.2) is 0 Å². The first-order chi connectivity index (χ1) is 19.8. The molecule has 0 aromatic rings. The van der Waals surface area contributed by atoms with Crippen molar-refractivity contribution in [1.82, 2.24) is 5.32 Å². The molecule has 0 aromatic carbocycles. The van der Waals surface area contributed by atoms with Crippen molar-refractivity contribution in [3.63, 3.8) is 0 Å². The van der Waals surface area contributed by atoms with Gasteiger partial charge < -0.3 is 40.3 Å². The van der Waals surface area contributed by atoms with E-state index in [9.17, 15) is 30.3 Å². The van der Waals surface area contributed by atoms with E-state index in [1.165, 1.54) is 6.42 Å². The van der Waals surface area contributed by atoms with Crippen molar-refractivity contribution in [2.75, 3.05) is 13.2 Å². The first kappa shape index (κ1) is 37.4. The second-order valence-electron chi connectivity index (χ2n) is 10.9. The number of hydrogen-bond donors (Lipinski definition) is 6. The summed E-state index contributed by atoms with van der Waals surface area (Å²) in [5.41, 5.74) is 0. The second kappa shape index (κ2) is 23.9. The summed E-state index contributed by atoms with van der Waals surface area (Å²) in [6.45, 7) is 3.53. The maximum absolute atomic E-state index is 12.7. The molecule has 1 rings (SSSR count). The highest BCUT2D eigenvalue weighted by atomic mass is 16.7. The molecule has 9 nitrogen and oxygen atoms in total. The molecule has 0 spiro atoms. The maximum atomic E-state index is 12.7. The van der Waals surface area contributed by atoms with Crippen molar-refractivity contribution in [3.8, 4) is 0 Å². The van der Waals surface area contributed by atoms with E-state index in [2.05, 4.69) is 43.5 Å². The SMILES string of the molecule is CCC/C=C\C/C=C\CCCCCCCC(=O)NC(COC1OC(CO)C(O)C(O)C1O)C(O)/C=C/CCCCC. The number of amides is 1. The highest BCUT2D eigenvalue weighted by molar-refractivity contribution is 5.76. The van der Waals surface area contributed by atoms with Crippen LogP contribution in [0.2, 0.25) is 0 Å². The van der Waals surface area contributed by atoms with Crippen molar-refractivity contribution >= 4 is 5.91 Å². The number of allylic oxidation sites excluding steroid dienone is 5. The van der Waals surface area contributed by atoms with Crippen LogP contribution in [0.5, 0.6) is 0 Å². The Hall–Kier alpha value is -1.59. The zero-order valence-electron chi connectivity index (χ0n) is 25.3. The summed E-state index contributed by atoms with van der Waals surface area (Å²) >= 11 is 0. The zero-order valence-corrected chi connectivity index (χ0v) is 25.3. The van der Waals surface area contributed by atoms with Crippen LogP contribution in [0, 0.1) is 0 Å². The van der Waals surface area contributed by atoms with E-state index in [1.54, 1.807) is 6.08 Å². The van der Waals surface area contributed by atoms with Crippen LogP contribution in [-0.4, -0.2) is 87.5 Å². The number of ether oxygens (including phenoxy) is 2. The molecule has 7 atom stereocenters. The molecule has 1 fully saturated rings. The number of hydrogen-bond acceptors (Lipinski definition) is 8. The van der Waals surface area contributed by atoms with E-state index < -0.39 is 49.5 Å². The van der Waals surface area contributed by atoms with Crippen LogP contribution >= 0.6 is 0 Å². The van der Waals surface area contributed by atoms with Gasteiger partial charge in [-0.2, -0.15) is 0 Å². The molecular formula is C32H57NO8. The monoisotopic (exact) mass is 583 g/mol. The average Bonchev–Trinajstić information content (AvgIpc) is 2.97. The van der Waals surface area contributed by atoms with Crippen LogP contribution in [0.3, 0.4) is 0 Å². The lowest BCUT2D eigenvalue weighted by molar-refractivity contribution is -0.302. The molecule has 9 heteroatoms. The third-order valence-electron chi connectivity index (χ3n) is 7.19. The molecule has 1 aliphatic rings. The van der Waals surface area contributed by atoms with E-state index in [0.29, 0.717) is 6.42 Å². The Morgan fingerprint density at radius 1 is 0.829 bits per heavy atom. The van der Waals surface area contributed by atoms with Crippen LogP contribution in [0.4, 0.5) is 0 Å². The van der Waals surface area contributed by atoms with Gasteiger partial charge in [-0.15, -0.1) is 0 Å². The Kier molecular flexibility index (Phi) is 21.8. The van der Waals surface area contributed by atoms with Crippen molar-refractivity contribution in [1.29, 1.82) is 0 Å². The smallest absolute Gasteiger partial charge is 0.220 e. The summed E-state index contributed by atoms with van der Waals surface area (Å²) in [4.78, 5) is 12.7. The third kappa shape index (κ3) is 16.6. The van der Waals surface area contributed by atoms with Gasteiger partial charge in [-0.05, 0) is 44.9 Å². The molecule has 0 aromatic heterocycles. The zero-order chi connectivity index (χ0) is 30.3. The number of rotatable bonds is 23. The summed E-state index contributed by atoms with van der Waals surface area (Å²) in [5.74, 6) is -0.204. The fourth-order valence-corrected chi connectivity index (χ4v) is 4.54. The highest BCUT2D eigenvalue weighted by Crippen LogP contribution is 2.22. The molecule has 0 aliphatic carbocycles. The summed E-state index contributed by atoms with van der Waals surface area (Å²) < 4.78 is 11.0. The van der Waals surface area contributed by atoms with Gasteiger partial charge in [0.1, 0.15) is 24.4 Å². The molecule has 0 radical (unpaired) electrons. The van der Waals surface area contributed by atoms with Crippen LogP contribution < -0.4 is 5.32 Å². The first-order valence-electron chi connectivity index (χ1n) is 15.7. The van der Waals surface area contributed by atoms with Gasteiger partial charge >= 0.3 is 0 Å². The molecule has 1 saturated heterocycles. The Bertz CT molecular complexity index is 741. The van der Waals surface area contributed by atoms with Gasteiger partial charge in [0.05, 0.1) is 25.4 Å². The number of aliphatic hydroxyl groups is 5. The molecule has 1 aliphatic heterocycles. The maximum Gasteiger partial charge on any atom is 0.220 e. The summed E-state index contributed by atoms with van der Waals surface area (Å²) in [5, 5.41) is 53.2. The van der Waals surface area contributed by atoms with Gasteiger partial charge in [0, 0.05) is 6.42 Å². The quantitative estimate of drug-likeness (QED) is 0.0786. The number of aliphatic hydroxyl groups excluding tert-OH is 5. The van der Waals surface area contributed by atoms with Crippen LogP contribution in [-0.2, 0) is 14.3 Å². The number of carbonyl (C=O) groups excluding carboxylic acids is 1. The summed E-state index contributed by atoms with van der Waals surface area (Å²) in [6, 6.07) is -0.805. The number of unbranched alkanes of at least 4 members (excludes halogenated alkanes) is 9. The van der Waals surface area contributed by atoms with Crippen LogP contribution in [0.1, 0.15) is 104 Å². The van der Waals surface area contributed by atoms with Crippen molar-refractivity contribution < 1.29 is 39.8 Å². The van der Waals surface area contributed by atoms with Crippen molar-refractivity contribution in [3.05, 3.63) is 36.5 Å². The van der Waals surface area contributed by atoms with E-state index in [1.807, 2.05) is 6.08 Å². The normalized spacial score (nSPS) is 24.9. The van der Waals surface area contributed by atoms with Gasteiger partial charge in [-0.3, -0.25) is 4.79 Å². The minimum absolute atomic E-state index is 0.198. The van der Waals surface area contributed by atoms with E-state index >= 15 is 0 Å². The molecule has 0 saturated carbocycles. The molecule has 238 valence electrons. The Labute approximate surface area is 247 Å². The van der Waals surface area contributed by atoms with E-state index in [4.69, 9.17) is 9.47 Å². The Balaban J connectivity index is 2.48. The fraction of sp³-hybridized carbons (Fsp3) is 0.781. The average molecular weight is 584 g/mol. The molecular weight excluding hydrogens is 526 g/mol. The molecule has 6 N–H and O–H groups in total. The largest absolute Gasteiger partial charge is 0.394 e. The standard InChI is InChI=1S/C32H57NO8/c1-3-5-7-9-10-11-12-13-14-15-16-18-20-22-28(36)33-25(26(35)21-19-17-8-6-4-2)24-40-32-31(39)30(38)29(37)27(23-34)41-32/h7,9,11-12,19,21,25-27,29-32,34-35,37-39H,3-6,8,10,13-18,20,22-24H2,1-2H3,(H,33,36)/b9-7-,12-11-,21-19+. The minimum Gasteiger partial charge on any atom is -0.394 e. The first-order valence-corrected chi connectivity index (χ1v) is 15.7. The second-order valence-corrected chi connectivity index (χ2v) is 10.9. The van der Waals surface area contributed by atoms with Gasteiger partial charge in [0.25, 0.3) is 0 Å². The predicted molar refractivity (Wildman–Crippen MR) is 161 cm³/mol. The Morgan fingerprint density at radius 3 is 2.20 bits per heavy atom. The third-order valence-corrected chi connectivity index (χ3v) is 7.19. The highest BCUT2D eigenvalue weighted by Gasteiger charge is 2.44. The number of nitrogens with one attached hydrogen (secondary N) is 1. The lowest BCUT2D eigenvalue weighted by Gasteiger charge is -2.40. The lowest BCUT2D eigenvalue weighted by atomic mass is 9.99. The molecule has 7 unspecified atom stereocenters. The predicted octanol–water partition coefficient (Wildman–Crippen LogP) is 3.82. The lowest BCUT2D eigenvalue weighted by Crippen LogP contribution is -2.60. The topological polar surface area (TPSA) is 149 Å². The number of carbonyl (C=O) groups is 1. The Morgan fingerprint density at radius 2 is 1.49 bits per heavy atom. The van der Waals surface area contributed by atoms with Gasteiger partial charge in [0.2, 0.25) is 5.91 Å². The minimum atomic E-state index is -1.56. The molecule has 0 bridgehead atoms. The molecule has 1 heterocycles. The van der Waals surface area contributed by atoms with Gasteiger partial charge in [0.15, 0.2) is 6.29 Å². The van der Waals surface area contributed by atoms with Crippen LogP contribution in [0.25, 0.3) is 0 Å².